The highest BCUT2D eigenvalue weighted by Crippen LogP contribution is 2.27. The molecule has 2 atom stereocenters. The van der Waals surface area contributed by atoms with Crippen LogP contribution in [0, 0.1) is 5.41 Å². The molecule has 0 radical (unpaired) electrons. The van der Waals surface area contributed by atoms with E-state index in [1.807, 2.05) is 7.05 Å². The van der Waals surface area contributed by atoms with Crippen molar-refractivity contribution in [3.05, 3.63) is 0 Å². The van der Waals surface area contributed by atoms with Crippen LogP contribution in [0.5, 0.6) is 0 Å². The van der Waals surface area contributed by atoms with Crippen molar-refractivity contribution in [3.63, 3.8) is 0 Å². The maximum Gasteiger partial charge on any atom is 0.151 e. The van der Waals surface area contributed by atoms with Gasteiger partial charge in [-0.2, -0.15) is 0 Å². The quantitative estimate of drug-likeness (QED) is 0.789. The summed E-state index contributed by atoms with van der Waals surface area (Å²) in [6.07, 6.45) is 0.741. The number of nitrogens with zero attached hydrogens (tertiary/aromatic N) is 1. The third-order valence-corrected chi connectivity index (χ3v) is 5.25. The lowest BCUT2D eigenvalue weighted by Crippen LogP contribution is -2.51. The molecular formula is C11H24N2O2S. The summed E-state index contributed by atoms with van der Waals surface area (Å²) in [6, 6.07) is 0.364. The Morgan fingerprint density at radius 2 is 2.00 bits per heavy atom. The van der Waals surface area contributed by atoms with Gasteiger partial charge in [0.25, 0.3) is 0 Å². The van der Waals surface area contributed by atoms with Crippen LogP contribution in [0.2, 0.25) is 0 Å². The van der Waals surface area contributed by atoms with E-state index >= 15 is 0 Å². The topological polar surface area (TPSA) is 63.4 Å². The van der Waals surface area contributed by atoms with Crippen LogP contribution < -0.4 is 5.73 Å². The van der Waals surface area contributed by atoms with Gasteiger partial charge in [0.05, 0.1) is 11.5 Å². The van der Waals surface area contributed by atoms with Gasteiger partial charge in [0.15, 0.2) is 9.84 Å². The average Bonchev–Trinajstić information content (AvgIpc) is 2.44. The number of sulfone groups is 1. The Morgan fingerprint density at radius 1 is 1.44 bits per heavy atom. The number of hydrogen-bond donors (Lipinski definition) is 1. The molecule has 1 aliphatic heterocycles. The SMILES string of the molecule is CN(C1CCS(=O)(=O)C1)C(CN)C(C)(C)C. The molecule has 2 unspecified atom stereocenters. The molecule has 96 valence electrons. The maximum absolute atomic E-state index is 11.4. The largest absolute Gasteiger partial charge is 0.329 e. The first kappa shape index (κ1) is 13.9. The lowest BCUT2D eigenvalue weighted by Gasteiger charge is -2.40. The van der Waals surface area contributed by atoms with Gasteiger partial charge in [0, 0.05) is 18.6 Å². The van der Waals surface area contributed by atoms with Crippen LogP contribution in [-0.2, 0) is 9.84 Å². The zero-order valence-corrected chi connectivity index (χ0v) is 11.5. The molecule has 0 aromatic rings. The van der Waals surface area contributed by atoms with Gasteiger partial charge < -0.3 is 5.73 Å². The van der Waals surface area contributed by atoms with E-state index in [1.54, 1.807) is 0 Å². The minimum atomic E-state index is -2.81. The van der Waals surface area contributed by atoms with E-state index in [4.69, 9.17) is 5.73 Å². The lowest BCUT2D eigenvalue weighted by atomic mass is 9.85. The zero-order chi connectivity index (χ0) is 12.6. The van der Waals surface area contributed by atoms with Crippen LogP contribution in [0.15, 0.2) is 0 Å². The van der Waals surface area contributed by atoms with Crippen molar-refractivity contribution in [1.29, 1.82) is 0 Å². The second kappa shape index (κ2) is 4.63. The van der Waals surface area contributed by atoms with Crippen molar-refractivity contribution in [2.45, 2.75) is 39.3 Å². The van der Waals surface area contributed by atoms with Crippen LogP contribution in [0.1, 0.15) is 27.2 Å². The summed E-state index contributed by atoms with van der Waals surface area (Å²) in [4.78, 5) is 2.16. The summed E-state index contributed by atoms with van der Waals surface area (Å²) in [5.74, 6) is 0.611. The van der Waals surface area contributed by atoms with E-state index in [9.17, 15) is 8.42 Å². The Hall–Kier alpha value is -0.130. The van der Waals surface area contributed by atoms with E-state index in [0.717, 1.165) is 6.42 Å². The van der Waals surface area contributed by atoms with E-state index in [2.05, 4.69) is 25.7 Å². The first-order valence-electron chi connectivity index (χ1n) is 5.80. The summed E-state index contributed by atoms with van der Waals surface area (Å²) in [6.45, 7) is 7.00. The van der Waals surface area contributed by atoms with Gasteiger partial charge in [-0.3, -0.25) is 4.90 Å². The van der Waals surface area contributed by atoms with Crippen molar-refractivity contribution in [2.24, 2.45) is 11.1 Å². The van der Waals surface area contributed by atoms with Crippen LogP contribution in [0.25, 0.3) is 0 Å². The number of rotatable bonds is 3. The van der Waals surface area contributed by atoms with Crippen molar-refractivity contribution in [3.8, 4) is 0 Å². The molecule has 0 aromatic carbocycles. The fourth-order valence-corrected chi connectivity index (χ4v) is 4.27. The minimum absolute atomic E-state index is 0.0792. The number of nitrogens with two attached hydrogens (primary N) is 1. The molecule has 5 heteroatoms. The van der Waals surface area contributed by atoms with Crippen LogP contribution in [-0.4, -0.2) is 50.5 Å². The fourth-order valence-electron chi connectivity index (χ4n) is 2.48. The molecular weight excluding hydrogens is 224 g/mol. The van der Waals surface area contributed by atoms with Gasteiger partial charge in [0.2, 0.25) is 0 Å². The predicted molar refractivity (Wildman–Crippen MR) is 67.1 cm³/mol. The molecule has 1 heterocycles. The van der Waals surface area contributed by atoms with Crippen LogP contribution in [0.3, 0.4) is 0 Å². The second-order valence-electron chi connectivity index (χ2n) is 5.84. The number of likely N-dealkylation sites (N-methyl/N-ethyl adjacent to an activating group) is 1. The van der Waals surface area contributed by atoms with Crippen molar-refractivity contribution in [1.82, 2.24) is 4.90 Å². The normalized spacial score (nSPS) is 27.2. The Morgan fingerprint density at radius 3 is 2.31 bits per heavy atom. The third kappa shape index (κ3) is 3.18. The lowest BCUT2D eigenvalue weighted by molar-refractivity contribution is 0.0992. The molecule has 16 heavy (non-hydrogen) atoms. The van der Waals surface area contributed by atoms with E-state index in [0.29, 0.717) is 12.3 Å². The van der Waals surface area contributed by atoms with Crippen LogP contribution >= 0.6 is 0 Å². The highest BCUT2D eigenvalue weighted by atomic mass is 32.2. The monoisotopic (exact) mass is 248 g/mol. The summed E-state index contributed by atoms with van der Waals surface area (Å²) in [5.41, 5.74) is 5.88. The Balaban J connectivity index is 2.74. The average molecular weight is 248 g/mol. The fraction of sp³-hybridized carbons (Fsp3) is 1.00. The molecule has 1 rings (SSSR count). The van der Waals surface area contributed by atoms with Gasteiger partial charge in [-0.1, -0.05) is 20.8 Å². The standard InChI is InChI=1S/C11H24N2O2S/c1-11(2,3)10(7-12)13(4)9-5-6-16(14,15)8-9/h9-10H,5-8,12H2,1-4H3. The van der Waals surface area contributed by atoms with Crippen LogP contribution in [0.4, 0.5) is 0 Å². The van der Waals surface area contributed by atoms with Crippen molar-refractivity contribution >= 4 is 9.84 Å². The van der Waals surface area contributed by atoms with Gasteiger partial charge in [-0.25, -0.2) is 8.42 Å². The van der Waals surface area contributed by atoms with Gasteiger partial charge in [0.1, 0.15) is 0 Å². The molecule has 1 aliphatic rings. The molecule has 0 saturated carbocycles. The molecule has 2 N–H and O–H groups in total. The van der Waals surface area contributed by atoms with E-state index in [1.165, 1.54) is 0 Å². The van der Waals surface area contributed by atoms with E-state index in [-0.39, 0.29) is 23.3 Å². The summed E-state index contributed by atoms with van der Waals surface area (Å²) in [7, 11) is -0.816. The first-order valence-corrected chi connectivity index (χ1v) is 7.62. The smallest absolute Gasteiger partial charge is 0.151 e. The number of hydrogen-bond acceptors (Lipinski definition) is 4. The Kier molecular flexibility index (Phi) is 4.03. The molecule has 1 saturated heterocycles. The molecule has 0 aromatic heterocycles. The van der Waals surface area contributed by atoms with Gasteiger partial charge in [-0.15, -0.1) is 0 Å². The molecule has 0 aliphatic carbocycles. The summed E-state index contributed by atoms with van der Waals surface area (Å²) in [5, 5.41) is 0. The highest BCUT2D eigenvalue weighted by Gasteiger charge is 2.36. The molecule has 0 spiro atoms. The summed E-state index contributed by atoms with van der Waals surface area (Å²) < 4.78 is 22.9. The molecule has 0 bridgehead atoms. The van der Waals surface area contributed by atoms with E-state index < -0.39 is 9.84 Å². The van der Waals surface area contributed by atoms with Gasteiger partial charge in [-0.05, 0) is 18.9 Å². The second-order valence-corrected chi connectivity index (χ2v) is 8.07. The van der Waals surface area contributed by atoms with Gasteiger partial charge >= 0.3 is 0 Å². The summed E-state index contributed by atoms with van der Waals surface area (Å²) >= 11 is 0. The highest BCUT2D eigenvalue weighted by molar-refractivity contribution is 7.91. The van der Waals surface area contributed by atoms with Crippen molar-refractivity contribution < 1.29 is 8.42 Å². The molecule has 1 fully saturated rings. The molecule has 0 amide bonds. The Labute approximate surface area is 99.1 Å². The maximum atomic E-state index is 11.4. The zero-order valence-electron chi connectivity index (χ0n) is 10.7. The Bertz CT molecular complexity index is 332. The third-order valence-electron chi connectivity index (χ3n) is 3.50. The predicted octanol–water partition coefficient (Wildman–Crippen LogP) is 0.479. The van der Waals surface area contributed by atoms with Crippen molar-refractivity contribution in [2.75, 3.05) is 25.1 Å². The first-order chi connectivity index (χ1) is 7.17. The minimum Gasteiger partial charge on any atom is -0.329 e. The molecule has 4 nitrogen and oxygen atoms in total.